The number of sulfonamides is 1. The van der Waals surface area contributed by atoms with Crippen molar-refractivity contribution in [3.8, 4) is 17.2 Å². The van der Waals surface area contributed by atoms with Gasteiger partial charge in [-0.2, -0.15) is 0 Å². The van der Waals surface area contributed by atoms with Crippen molar-refractivity contribution in [1.82, 2.24) is 0 Å². The minimum Gasteiger partial charge on any atom is -0.495 e. The summed E-state index contributed by atoms with van der Waals surface area (Å²) in [6.45, 7) is -0.391. The van der Waals surface area contributed by atoms with Crippen LogP contribution in [0.3, 0.4) is 0 Å². The second kappa shape index (κ2) is 9.44. The smallest absolute Gasteiger partial charge is 0.338 e. The molecule has 0 saturated heterocycles. The Balaban J connectivity index is 1.42. The number of para-hydroxylation sites is 2. The van der Waals surface area contributed by atoms with Gasteiger partial charge in [0.05, 0.1) is 23.3 Å². The summed E-state index contributed by atoms with van der Waals surface area (Å²) in [6.07, 6.45) is 0. The van der Waals surface area contributed by atoms with Crippen molar-refractivity contribution >= 4 is 27.5 Å². The van der Waals surface area contributed by atoms with Gasteiger partial charge in [0.2, 0.25) is 6.79 Å². The van der Waals surface area contributed by atoms with E-state index >= 15 is 0 Å². The number of anilines is 1. The molecule has 1 aliphatic heterocycles. The first-order valence-electron chi connectivity index (χ1n) is 10.1. The molecule has 0 aromatic heterocycles. The number of esters is 1. The molecule has 10 heteroatoms. The van der Waals surface area contributed by atoms with Crippen molar-refractivity contribution in [1.29, 1.82) is 0 Å². The molecule has 0 bridgehead atoms. The van der Waals surface area contributed by atoms with E-state index in [1.807, 2.05) is 0 Å². The zero-order valence-corrected chi connectivity index (χ0v) is 19.2. The Morgan fingerprint density at radius 2 is 1.62 bits per heavy atom. The molecule has 0 radical (unpaired) electrons. The summed E-state index contributed by atoms with van der Waals surface area (Å²) < 4.78 is 47.9. The van der Waals surface area contributed by atoms with Gasteiger partial charge < -0.3 is 18.9 Å². The van der Waals surface area contributed by atoms with E-state index in [1.54, 1.807) is 36.4 Å². The van der Waals surface area contributed by atoms with Crippen molar-refractivity contribution in [3.05, 3.63) is 77.9 Å². The Morgan fingerprint density at radius 3 is 2.35 bits per heavy atom. The van der Waals surface area contributed by atoms with E-state index in [4.69, 9.17) is 18.9 Å². The molecule has 0 unspecified atom stereocenters. The van der Waals surface area contributed by atoms with Gasteiger partial charge in [-0.05, 0) is 54.6 Å². The van der Waals surface area contributed by atoms with Gasteiger partial charge in [-0.1, -0.05) is 12.1 Å². The van der Waals surface area contributed by atoms with Crippen LogP contribution in [0.2, 0.25) is 0 Å². The Morgan fingerprint density at radius 1 is 0.941 bits per heavy atom. The normalized spacial score (nSPS) is 12.2. The summed E-state index contributed by atoms with van der Waals surface area (Å²) in [7, 11) is -1.04. The zero-order valence-electron chi connectivity index (χ0n) is 18.4. The summed E-state index contributed by atoms with van der Waals surface area (Å²) in [5, 5.41) is 0. The molecule has 176 valence electrons. The van der Waals surface area contributed by atoms with Crippen molar-refractivity contribution in [2.45, 2.75) is 4.90 Å². The molecule has 34 heavy (non-hydrogen) atoms. The number of nitrogens with zero attached hydrogens (tertiary/aromatic N) is 1. The number of hydrogen-bond acceptors (Lipinski definition) is 8. The van der Waals surface area contributed by atoms with E-state index in [2.05, 4.69) is 0 Å². The van der Waals surface area contributed by atoms with Crippen LogP contribution in [-0.4, -0.2) is 47.7 Å². The number of fused-ring (bicyclic) bond motifs is 1. The summed E-state index contributed by atoms with van der Waals surface area (Å²) >= 11 is 0. The first-order chi connectivity index (χ1) is 16.3. The molecule has 3 aromatic rings. The Bertz CT molecular complexity index is 1340. The molecule has 0 saturated carbocycles. The maximum atomic E-state index is 13.0. The number of ether oxygens (including phenoxy) is 4. The van der Waals surface area contributed by atoms with Gasteiger partial charge in [-0.3, -0.25) is 9.10 Å². The molecule has 4 rings (SSSR count). The largest absolute Gasteiger partial charge is 0.495 e. The Hall–Kier alpha value is -4.05. The molecule has 0 amide bonds. The van der Waals surface area contributed by atoms with E-state index in [9.17, 15) is 18.0 Å². The third kappa shape index (κ3) is 4.53. The van der Waals surface area contributed by atoms with Crippen molar-refractivity contribution in [2.24, 2.45) is 0 Å². The number of carbonyl (C=O) groups excluding carboxylic acids is 2. The molecule has 0 N–H and O–H groups in total. The lowest BCUT2D eigenvalue weighted by molar-refractivity contribution is 0.0474. The fourth-order valence-corrected chi connectivity index (χ4v) is 4.51. The number of hydrogen-bond donors (Lipinski definition) is 0. The maximum absolute atomic E-state index is 13.0. The van der Waals surface area contributed by atoms with Crippen LogP contribution in [0.15, 0.2) is 71.6 Å². The second-order valence-electron chi connectivity index (χ2n) is 7.24. The number of benzene rings is 3. The van der Waals surface area contributed by atoms with Crippen molar-refractivity contribution < 1.29 is 37.0 Å². The molecular formula is C24H21NO8S. The lowest BCUT2D eigenvalue weighted by Crippen LogP contribution is -2.27. The summed E-state index contributed by atoms with van der Waals surface area (Å²) in [5.41, 5.74) is 0.797. The molecular weight excluding hydrogens is 462 g/mol. The van der Waals surface area contributed by atoms with E-state index in [0.717, 1.165) is 4.31 Å². The molecule has 0 atom stereocenters. The van der Waals surface area contributed by atoms with E-state index in [0.29, 0.717) is 28.5 Å². The highest BCUT2D eigenvalue weighted by molar-refractivity contribution is 7.92. The first-order valence-corrected chi connectivity index (χ1v) is 11.6. The fraction of sp³-hybridized carbons (Fsp3) is 0.167. The highest BCUT2D eigenvalue weighted by Gasteiger charge is 2.24. The fourth-order valence-electron chi connectivity index (χ4n) is 3.31. The third-order valence-electron chi connectivity index (χ3n) is 5.20. The average molecular weight is 483 g/mol. The van der Waals surface area contributed by atoms with E-state index < -0.39 is 28.4 Å². The first kappa shape index (κ1) is 23.1. The molecule has 0 aliphatic carbocycles. The average Bonchev–Trinajstić information content (AvgIpc) is 3.34. The van der Waals surface area contributed by atoms with Crippen LogP contribution in [0.1, 0.15) is 20.7 Å². The number of rotatable bonds is 8. The molecule has 3 aromatic carbocycles. The SMILES string of the molecule is COc1ccccc1N(C)S(=O)(=O)c1ccc(C(=O)OCC(=O)c2ccc3c(c2)OCO3)cc1. The highest BCUT2D eigenvalue weighted by Crippen LogP contribution is 2.33. The zero-order chi connectivity index (χ0) is 24.3. The molecule has 1 heterocycles. The summed E-state index contributed by atoms with van der Waals surface area (Å²) in [5.74, 6) is 0.230. The highest BCUT2D eigenvalue weighted by atomic mass is 32.2. The van der Waals surface area contributed by atoms with Gasteiger partial charge in [-0.15, -0.1) is 0 Å². The van der Waals surface area contributed by atoms with E-state index in [1.165, 1.54) is 44.5 Å². The van der Waals surface area contributed by atoms with Gasteiger partial charge in [0.25, 0.3) is 10.0 Å². The van der Waals surface area contributed by atoms with Crippen LogP contribution in [0.4, 0.5) is 5.69 Å². The second-order valence-corrected chi connectivity index (χ2v) is 9.21. The predicted octanol–water partition coefficient (Wildman–Crippen LogP) is 3.29. The van der Waals surface area contributed by atoms with Gasteiger partial charge in [-0.25, -0.2) is 13.2 Å². The van der Waals surface area contributed by atoms with Crippen LogP contribution >= 0.6 is 0 Å². The van der Waals surface area contributed by atoms with Crippen LogP contribution in [0.25, 0.3) is 0 Å². The van der Waals surface area contributed by atoms with Crippen LogP contribution in [0.5, 0.6) is 17.2 Å². The molecule has 0 fully saturated rings. The summed E-state index contributed by atoms with van der Waals surface area (Å²) in [4.78, 5) is 24.7. The Labute approximate surface area is 196 Å². The molecule has 1 aliphatic rings. The number of carbonyl (C=O) groups is 2. The standard InChI is InChI=1S/C24H21NO8S/c1-25(19-5-3-4-6-21(19)30-2)34(28,29)18-10-7-16(8-11-18)24(27)31-14-20(26)17-9-12-22-23(13-17)33-15-32-22/h3-13H,14-15H2,1-2H3. The van der Waals surface area contributed by atoms with Crippen molar-refractivity contribution in [2.75, 3.05) is 31.9 Å². The Kier molecular flexibility index (Phi) is 6.42. The molecule has 9 nitrogen and oxygen atoms in total. The lowest BCUT2D eigenvalue weighted by atomic mass is 10.1. The maximum Gasteiger partial charge on any atom is 0.338 e. The monoisotopic (exact) mass is 483 g/mol. The predicted molar refractivity (Wildman–Crippen MR) is 122 cm³/mol. The molecule has 0 spiro atoms. The van der Waals surface area contributed by atoms with Gasteiger partial charge in [0.1, 0.15) is 5.75 Å². The van der Waals surface area contributed by atoms with E-state index in [-0.39, 0.29) is 17.3 Å². The van der Waals surface area contributed by atoms with Gasteiger partial charge in [0, 0.05) is 12.6 Å². The van der Waals surface area contributed by atoms with Crippen molar-refractivity contribution in [3.63, 3.8) is 0 Å². The topological polar surface area (TPSA) is 108 Å². The van der Waals surface area contributed by atoms with Gasteiger partial charge >= 0.3 is 5.97 Å². The number of ketones is 1. The van der Waals surface area contributed by atoms with Crippen LogP contribution in [-0.2, 0) is 14.8 Å². The number of methoxy groups -OCH3 is 1. The quantitative estimate of drug-likeness (QED) is 0.355. The summed E-state index contributed by atoms with van der Waals surface area (Å²) in [6, 6.07) is 16.7. The third-order valence-corrected chi connectivity index (χ3v) is 6.99. The minimum atomic E-state index is -3.91. The number of Topliss-reactive ketones (excluding diaryl/α,β-unsaturated/α-hetero) is 1. The van der Waals surface area contributed by atoms with Crippen LogP contribution in [0, 0.1) is 0 Å². The minimum absolute atomic E-state index is 0.0195. The lowest BCUT2D eigenvalue weighted by Gasteiger charge is -2.21. The van der Waals surface area contributed by atoms with Gasteiger partial charge in [0.15, 0.2) is 23.9 Å². The van der Waals surface area contributed by atoms with Crippen LogP contribution < -0.4 is 18.5 Å².